The van der Waals surface area contributed by atoms with E-state index in [9.17, 15) is 4.39 Å². The lowest BCUT2D eigenvalue weighted by molar-refractivity contribution is 0.462. The first-order valence-electron chi connectivity index (χ1n) is 6.81. The quantitative estimate of drug-likeness (QED) is 0.569. The van der Waals surface area contributed by atoms with Crippen LogP contribution >= 0.6 is 0 Å². The van der Waals surface area contributed by atoms with Gasteiger partial charge in [-0.2, -0.15) is 0 Å². The van der Waals surface area contributed by atoms with Gasteiger partial charge in [-0.1, -0.05) is 23.8 Å². The Balaban J connectivity index is 2.09. The van der Waals surface area contributed by atoms with Crippen molar-refractivity contribution >= 4 is 11.0 Å². The Kier molecular flexibility index (Phi) is 3.49. The zero-order valence-corrected chi connectivity index (χ0v) is 12.0. The summed E-state index contributed by atoms with van der Waals surface area (Å²) in [4.78, 5) is 0. The number of fused-ring (bicyclic) bond motifs is 1. The SMILES string of the molecule is Cc1ccc(C(NN)c2cc3cc(C)ccc3o2)c(F)c1. The second-order valence-electron chi connectivity index (χ2n) is 5.31. The summed E-state index contributed by atoms with van der Waals surface area (Å²) in [6, 6.07) is 12.4. The average Bonchev–Trinajstić information content (AvgIpc) is 2.84. The molecule has 0 spiro atoms. The van der Waals surface area contributed by atoms with E-state index in [1.54, 1.807) is 6.07 Å². The Morgan fingerprint density at radius 1 is 1.05 bits per heavy atom. The lowest BCUT2D eigenvalue weighted by Crippen LogP contribution is -2.29. The van der Waals surface area contributed by atoms with Crippen LogP contribution in [0.25, 0.3) is 11.0 Å². The molecule has 3 nitrogen and oxygen atoms in total. The monoisotopic (exact) mass is 284 g/mol. The smallest absolute Gasteiger partial charge is 0.134 e. The zero-order valence-electron chi connectivity index (χ0n) is 12.0. The largest absolute Gasteiger partial charge is 0.459 e. The van der Waals surface area contributed by atoms with Crippen LogP contribution in [-0.2, 0) is 0 Å². The topological polar surface area (TPSA) is 51.2 Å². The number of hydrogen-bond donors (Lipinski definition) is 2. The van der Waals surface area contributed by atoms with Crippen molar-refractivity contribution in [2.75, 3.05) is 0 Å². The van der Waals surface area contributed by atoms with Crippen LogP contribution in [0.3, 0.4) is 0 Å². The first kappa shape index (κ1) is 13.8. The summed E-state index contributed by atoms with van der Waals surface area (Å²) >= 11 is 0. The number of nitrogens with one attached hydrogen (secondary N) is 1. The molecule has 4 heteroatoms. The maximum absolute atomic E-state index is 14.2. The molecule has 21 heavy (non-hydrogen) atoms. The summed E-state index contributed by atoms with van der Waals surface area (Å²) in [6.45, 7) is 3.87. The third kappa shape index (κ3) is 2.55. The molecule has 3 rings (SSSR count). The minimum absolute atomic E-state index is 0.297. The summed E-state index contributed by atoms with van der Waals surface area (Å²) in [7, 11) is 0. The van der Waals surface area contributed by atoms with Gasteiger partial charge in [0.15, 0.2) is 0 Å². The molecular weight excluding hydrogens is 267 g/mol. The standard InChI is InChI=1S/C17H17FN2O/c1-10-4-6-15-12(7-10)9-16(21-15)17(20-19)13-5-3-11(2)8-14(13)18/h3-9,17,20H,19H2,1-2H3. The number of hydrazine groups is 1. The van der Waals surface area contributed by atoms with E-state index >= 15 is 0 Å². The molecule has 0 aliphatic heterocycles. The predicted octanol–water partition coefficient (Wildman–Crippen LogP) is 3.74. The number of hydrogen-bond acceptors (Lipinski definition) is 3. The maximum atomic E-state index is 14.2. The van der Waals surface area contributed by atoms with Gasteiger partial charge in [0.2, 0.25) is 0 Å². The van der Waals surface area contributed by atoms with Gasteiger partial charge in [0, 0.05) is 10.9 Å². The van der Waals surface area contributed by atoms with E-state index in [1.807, 2.05) is 44.2 Å². The van der Waals surface area contributed by atoms with Crippen molar-refractivity contribution in [2.24, 2.45) is 5.84 Å². The lowest BCUT2D eigenvalue weighted by Gasteiger charge is -2.14. The van der Waals surface area contributed by atoms with Crippen molar-refractivity contribution in [1.29, 1.82) is 0 Å². The van der Waals surface area contributed by atoms with Gasteiger partial charge in [0.1, 0.15) is 23.2 Å². The van der Waals surface area contributed by atoms with E-state index in [2.05, 4.69) is 5.43 Å². The fourth-order valence-electron chi connectivity index (χ4n) is 2.52. The highest BCUT2D eigenvalue weighted by molar-refractivity contribution is 5.79. The molecule has 0 radical (unpaired) electrons. The summed E-state index contributed by atoms with van der Waals surface area (Å²) in [5.74, 6) is 5.92. The van der Waals surface area contributed by atoms with Gasteiger partial charge < -0.3 is 4.42 Å². The van der Waals surface area contributed by atoms with Gasteiger partial charge >= 0.3 is 0 Å². The Morgan fingerprint density at radius 3 is 2.48 bits per heavy atom. The second kappa shape index (κ2) is 5.31. The molecule has 0 fully saturated rings. The molecule has 1 heterocycles. The minimum atomic E-state index is -0.515. The van der Waals surface area contributed by atoms with Crippen LogP contribution in [0.5, 0.6) is 0 Å². The highest BCUT2D eigenvalue weighted by Gasteiger charge is 2.20. The fourth-order valence-corrected chi connectivity index (χ4v) is 2.52. The van der Waals surface area contributed by atoms with Gasteiger partial charge in [-0.3, -0.25) is 5.84 Å². The van der Waals surface area contributed by atoms with Crippen molar-refractivity contribution in [3.63, 3.8) is 0 Å². The Bertz CT molecular complexity index is 795. The Labute approximate surface area is 122 Å². The number of benzene rings is 2. The molecule has 0 saturated heterocycles. The molecule has 3 N–H and O–H groups in total. The van der Waals surface area contributed by atoms with E-state index in [4.69, 9.17) is 10.3 Å². The van der Waals surface area contributed by atoms with Crippen molar-refractivity contribution in [1.82, 2.24) is 5.43 Å². The molecule has 0 aliphatic rings. The van der Waals surface area contributed by atoms with Crippen molar-refractivity contribution in [3.05, 3.63) is 70.7 Å². The Morgan fingerprint density at radius 2 is 1.76 bits per heavy atom. The number of furan rings is 1. The van der Waals surface area contributed by atoms with Crippen LogP contribution in [-0.4, -0.2) is 0 Å². The molecular formula is C17H17FN2O. The normalized spacial score (nSPS) is 12.8. The number of rotatable bonds is 3. The van der Waals surface area contributed by atoms with E-state index in [-0.39, 0.29) is 5.82 Å². The van der Waals surface area contributed by atoms with Crippen LogP contribution in [0.2, 0.25) is 0 Å². The minimum Gasteiger partial charge on any atom is -0.459 e. The molecule has 0 amide bonds. The van der Waals surface area contributed by atoms with E-state index < -0.39 is 6.04 Å². The number of halogens is 1. The third-order valence-electron chi connectivity index (χ3n) is 3.61. The van der Waals surface area contributed by atoms with Gasteiger partial charge in [0.05, 0.1) is 0 Å². The third-order valence-corrected chi connectivity index (χ3v) is 3.61. The van der Waals surface area contributed by atoms with Crippen LogP contribution in [0, 0.1) is 19.7 Å². The molecule has 1 unspecified atom stereocenters. The summed E-state index contributed by atoms with van der Waals surface area (Å²) in [6.07, 6.45) is 0. The van der Waals surface area contributed by atoms with Gasteiger partial charge in [-0.05, 0) is 43.7 Å². The summed E-state index contributed by atoms with van der Waals surface area (Å²) < 4.78 is 20.0. The first-order valence-corrected chi connectivity index (χ1v) is 6.81. The van der Waals surface area contributed by atoms with Crippen molar-refractivity contribution < 1.29 is 8.81 Å². The molecule has 108 valence electrons. The molecule has 1 aromatic heterocycles. The van der Waals surface area contributed by atoms with Crippen LogP contribution < -0.4 is 11.3 Å². The van der Waals surface area contributed by atoms with Gasteiger partial charge in [0.25, 0.3) is 0 Å². The second-order valence-corrected chi connectivity index (χ2v) is 5.31. The van der Waals surface area contributed by atoms with E-state index in [0.717, 1.165) is 22.1 Å². The summed E-state index contributed by atoms with van der Waals surface area (Å²) in [5.41, 5.74) is 5.89. The number of nitrogens with two attached hydrogens (primary N) is 1. The average molecular weight is 284 g/mol. The zero-order chi connectivity index (χ0) is 15.0. The molecule has 0 aliphatic carbocycles. The van der Waals surface area contributed by atoms with Crippen LogP contribution in [0.4, 0.5) is 4.39 Å². The van der Waals surface area contributed by atoms with E-state index in [0.29, 0.717) is 11.3 Å². The van der Waals surface area contributed by atoms with Crippen LogP contribution in [0.15, 0.2) is 46.9 Å². The molecule has 0 bridgehead atoms. The van der Waals surface area contributed by atoms with Crippen molar-refractivity contribution in [2.45, 2.75) is 19.9 Å². The van der Waals surface area contributed by atoms with Gasteiger partial charge in [-0.15, -0.1) is 0 Å². The maximum Gasteiger partial charge on any atom is 0.134 e. The predicted molar refractivity (Wildman–Crippen MR) is 81.3 cm³/mol. The lowest BCUT2D eigenvalue weighted by atomic mass is 10.0. The highest BCUT2D eigenvalue weighted by Crippen LogP contribution is 2.29. The molecule has 3 aromatic rings. The van der Waals surface area contributed by atoms with E-state index in [1.165, 1.54) is 6.07 Å². The fraction of sp³-hybridized carbons (Fsp3) is 0.176. The van der Waals surface area contributed by atoms with Crippen LogP contribution in [0.1, 0.15) is 28.5 Å². The molecule has 1 atom stereocenters. The highest BCUT2D eigenvalue weighted by atomic mass is 19.1. The van der Waals surface area contributed by atoms with Gasteiger partial charge in [-0.25, -0.2) is 9.82 Å². The first-order chi connectivity index (χ1) is 10.1. The molecule has 2 aromatic carbocycles. The molecule has 0 saturated carbocycles. The number of aryl methyl sites for hydroxylation is 2. The van der Waals surface area contributed by atoms with Crippen molar-refractivity contribution in [3.8, 4) is 0 Å². The summed E-state index contributed by atoms with van der Waals surface area (Å²) in [5, 5.41) is 0.984. The Hall–Kier alpha value is -2.17.